The smallest absolute Gasteiger partial charge is 0.337 e. The van der Waals surface area contributed by atoms with Crippen LogP contribution in [-0.2, 0) is 10.3 Å². The molecule has 1 amide bonds. The fourth-order valence-corrected chi connectivity index (χ4v) is 2.69. The largest absolute Gasteiger partial charge is 0.465 e. The van der Waals surface area contributed by atoms with Crippen molar-refractivity contribution in [3.63, 3.8) is 0 Å². The average molecular weight is 319 g/mol. The lowest BCUT2D eigenvalue weighted by atomic mass is 10.0. The standard InChI is InChI=1S/C16H17NO4S/c1-16(20,13-4-3-9-22-13)10-17-14(18)11-5-7-12(8-6-11)15(19)21-2/h3-9,20H,10H2,1-2H3,(H,17,18)/t16-/m1/s1. The van der Waals surface area contributed by atoms with Crippen molar-refractivity contribution in [2.45, 2.75) is 12.5 Å². The van der Waals surface area contributed by atoms with Crippen LogP contribution >= 0.6 is 11.3 Å². The zero-order valence-electron chi connectivity index (χ0n) is 12.3. The fourth-order valence-electron chi connectivity index (χ4n) is 1.90. The summed E-state index contributed by atoms with van der Waals surface area (Å²) in [4.78, 5) is 24.2. The third-order valence-electron chi connectivity index (χ3n) is 3.21. The van der Waals surface area contributed by atoms with Crippen LogP contribution in [0.15, 0.2) is 41.8 Å². The van der Waals surface area contributed by atoms with Gasteiger partial charge in [0.25, 0.3) is 5.91 Å². The van der Waals surface area contributed by atoms with Crippen molar-refractivity contribution in [2.75, 3.05) is 13.7 Å². The minimum Gasteiger partial charge on any atom is -0.465 e. The normalized spacial score (nSPS) is 13.2. The quantitative estimate of drug-likeness (QED) is 0.828. The monoisotopic (exact) mass is 319 g/mol. The number of aliphatic hydroxyl groups is 1. The molecule has 1 heterocycles. The minimum atomic E-state index is -1.12. The highest BCUT2D eigenvalue weighted by atomic mass is 32.1. The van der Waals surface area contributed by atoms with E-state index in [1.54, 1.807) is 19.1 Å². The maximum Gasteiger partial charge on any atom is 0.337 e. The highest BCUT2D eigenvalue weighted by molar-refractivity contribution is 7.10. The Balaban J connectivity index is 1.99. The Kier molecular flexibility index (Phi) is 4.95. The van der Waals surface area contributed by atoms with E-state index in [4.69, 9.17) is 0 Å². The van der Waals surface area contributed by atoms with Gasteiger partial charge in [-0.1, -0.05) is 6.07 Å². The van der Waals surface area contributed by atoms with Crippen LogP contribution in [0.3, 0.4) is 0 Å². The van der Waals surface area contributed by atoms with Crippen molar-refractivity contribution < 1.29 is 19.4 Å². The van der Waals surface area contributed by atoms with Crippen molar-refractivity contribution >= 4 is 23.2 Å². The minimum absolute atomic E-state index is 0.102. The second kappa shape index (κ2) is 6.72. The first-order chi connectivity index (χ1) is 10.4. The summed E-state index contributed by atoms with van der Waals surface area (Å²) in [7, 11) is 1.30. The van der Waals surface area contributed by atoms with E-state index >= 15 is 0 Å². The lowest BCUT2D eigenvalue weighted by Crippen LogP contribution is -2.38. The summed E-state index contributed by atoms with van der Waals surface area (Å²) < 4.78 is 4.60. The summed E-state index contributed by atoms with van der Waals surface area (Å²) in [6.07, 6.45) is 0. The molecule has 2 aromatic rings. The number of ether oxygens (including phenoxy) is 1. The number of methoxy groups -OCH3 is 1. The summed E-state index contributed by atoms with van der Waals surface area (Å²) in [5.41, 5.74) is -0.324. The van der Waals surface area contributed by atoms with Crippen LogP contribution in [0, 0.1) is 0 Å². The molecule has 0 spiro atoms. The first-order valence-corrected chi connectivity index (χ1v) is 7.55. The van der Waals surface area contributed by atoms with E-state index in [1.165, 1.54) is 30.6 Å². The summed E-state index contributed by atoms with van der Waals surface area (Å²) in [6.45, 7) is 1.75. The van der Waals surface area contributed by atoms with Crippen LogP contribution in [0.4, 0.5) is 0 Å². The molecule has 2 rings (SSSR count). The molecule has 1 aromatic carbocycles. The van der Waals surface area contributed by atoms with Crippen LogP contribution in [0.1, 0.15) is 32.5 Å². The van der Waals surface area contributed by atoms with Gasteiger partial charge in [-0.15, -0.1) is 11.3 Å². The molecular formula is C16H17NO4S. The van der Waals surface area contributed by atoms with Crippen LogP contribution in [0.5, 0.6) is 0 Å². The molecule has 0 aliphatic heterocycles. The van der Waals surface area contributed by atoms with Crippen molar-refractivity contribution in [1.82, 2.24) is 5.32 Å². The lowest BCUT2D eigenvalue weighted by Gasteiger charge is -2.22. The molecule has 6 heteroatoms. The number of thiophene rings is 1. The molecule has 2 N–H and O–H groups in total. The lowest BCUT2D eigenvalue weighted by molar-refractivity contribution is 0.0557. The Hall–Kier alpha value is -2.18. The molecule has 0 aliphatic rings. The Bertz CT molecular complexity index is 647. The van der Waals surface area contributed by atoms with Gasteiger partial charge in [0.2, 0.25) is 0 Å². The Morgan fingerprint density at radius 3 is 2.41 bits per heavy atom. The summed E-state index contributed by atoms with van der Waals surface area (Å²) >= 11 is 1.43. The molecule has 0 fully saturated rings. The van der Waals surface area contributed by atoms with Crippen LogP contribution < -0.4 is 5.32 Å². The van der Waals surface area contributed by atoms with E-state index < -0.39 is 11.6 Å². The molecule has 22 heavy (non-hydrogen) atoms. The average Bonchev–Trinajstić information content (AvgIpc) is 3.07. The number of benzene rings is 1. The number of esters is 1. The van der Waals surface area contributed by atoms with Crippen molar-refractivity contribution in [2.24, 2.45) is 0 Å². The van der Waals surface area contributed by atoms with E-state index in [-0.39, 0.29) is 12.5 Å². The number of rotatable bonds is 5. The molecule has 0 radical (unpaired) electrons. The summed E-state index contributed by atoms with van der Waals surface area (Å²) in [5, 5.41) is 14.9. The number of hydrogen-bond acceptors (Lipinski definition) is 5. The third kappa shape index (κ3) is 3.72. The molecule has 116 valence electrons. The number of nitrogens with one attached hydrogen (secondary N) is 1. The Labute approximate surface area is 132 Å². The topological polar surface area (TPSA) is 75.6 Å². The number of hydrogen-bond donors (Lipinski definition) is 2. The van der Waals surface area contributed by atoms with Gasteiger partial charge in [0.1, 0.15) is 5.60 Å². The maximum absolute atomic E-state index is 12.1. The van der Waals surface area contributed by atoms with Crippen molar-refractivity contribution in [3.8, 4) is 0 Å². The van der Waals surface area contributed by atoms with Crippen molar-refractivity contribution in [3.05, 3.63) is 57.8 Å². The number of amides is 1. The molecule has 0 saturated heterocycles. The van der Waals surface area contributed by atoms with Gasteiger partial charge < -0.3 is 15.2 Å². The SMILES string of the molecule is COC(=O)c1ccc(C(=O)NC[C@@](C)(O)c2cccs2)cc1. The Morgan fingerprint density at radius 1 is 1.23 bits per heavy atom. The Morgan fingerprint density at radius 2 is 1.86 bits per heavy atom. The van der Waals surface area contributed by atoms with E-state index in [2.05, 4.69) is 10.1 Å². The molecule has 5 nitrogen and oxygen atoms in total. The molecule has 0 aliphatic carbocycles. The predicted octanol–water partition coefficient (Wildman–Crippen LogP) is 2.17. The zero-order chi connectivity index (χ0) is 16.2. The number of carbonyl (C=O) groups is 2. The zero-order valence-corrected chi connectivity index (χ0v) is 13.1. The van der Waals surface area contributed by atoms with Gasteiger partial charge in [-0.3, -0.25) is 4.79 Å². The highest BCUT2D eigenvalue weighted by Gasteiger charge is 2.25. The first kappa shape index (κ1) is 16.2. The summed E-state index contributed by atoms with van der Waals surface area (Å²) in [6, 6.07) is 9.81. The van der Waals surface area contributed by atoms with Crippen molar-refractivity contribution in [1.29, 1.82) is 0 Å². The van der Waals surface area contributed by atoms with Crippen LogP contribution in [0.2, 0.25) is 0 Å². The number of carbonyl (C=O) groups excluding carboxylic acids is 2. The van der Waals surface area contributed by atoms with Gasteiger partial charge in [0, 0.05) is 10.4 Å². The first-order valence-electron chi connectivity index (χ1n) is 6.67. The molecular weight excluding hydrogens is 302 g/mol. The maximum atomic E-state index is 12.1. The predicted molar refractivity (Wildman–Crippen MR) is 84.0 cm³/mol. The van der Waals surface area contributed by atoms with E-state index in [1.807, 2.05) is 17.5 Å². The molecule has 1 aromatic heterocycles. The highest BCUT2D eigenvalue weighted by Crippen LogP contribution is 2.24. The van der Waals surface area contributed by atoms with E-state index in [0.717, 1.165) is 4.88 Å². The molecule has 0 unspecified atom stereocenters. The second-order valence-corrected chi connectivity index (χ2v) is 5.95. The van der Waals surface area contributed by atoms with Gasteiger partial charge >= 0.3 is 5.97 Å². The molecule has 1 atom stereocenters. The van der Waals surface area contributed by atoms with Gasteiger partial charge in [-0.25, -0.2) is 4.79 Å². The third-order valence-corrected chi connectivity index (χ3v) is 4.34. The van der Waals surface area contributed by atoms with Crippen LogP contribution in [0.25, 0.3) is 0 Å². The van der Waals surface area contributed by atoms with E-state index in [0.29, 0.717) is 11.1 Å². The van der Waals surface area contributed by atoms with Gasteiger partial charge in [-0.2, -0.15) is 0 Å². The molecule has 0 bridgehead atoms. The van der Waals surface area contributed by atoms with Gasteiger partial charge in [-0.05, 0) is 42.6 Å². The van der Waals surface area contributed by atoms with E-state index in [9.17, 15) is 14.7 Å². The van der Waals surface area contributed by atoms with Gasteiger partial charge in [0.15, 0.2) is 0 Å². The van der Waals surface area contributed by atoms with Crippen LogP contribution in [-0.4, -0.2) is 30.6 Å². The fraction of sp³-hybridized carbons (Fsp3) is 0.250. The molecule has 0 saturated carbocycles. The second-order valence-electron chi connectivity index (χ2n) is 5.00. The summed E-state index contributed by atoms with van der Waals surface area (Å²) in [5.74, 6) is -0.763. The van der Waals surface area contributed by atoms with Gasteiger partial charge in [0.05, 0.1) is 19.2 Å².